The van der Waals surface area contributed by atoms with Gasteiger partial charge in [0.1, 0.15) is 17.2 Å². The zero-order valence-corrected chi connectivity index (χ0v) is 16.7. The molecule has 4 nitrogen and oxygen atoms in total. The molecule has 0 radical (unpaired) electrons. The Morgan fingerprint density at radius 2 is 1.79 bits per heavy atom. The molecule has 0 bridgehead atoms. The Morgan fingerprint density at radius 1 is 1.03 bits per heavy atom. The Bertz CT molecular complexity index is 1160. The van der Waals surface area contributed by atoms with Crippen LogP contribution in [0.2, 0.25) is 0 Å². The summed E-state index contributed by atoms with van der Waals surface area (Å²) in [6.45, 7) is 5.13. The second-order valence-electron chi connectivity index (χ2n) is 7.99. The van der Waals surface area contributed by atoms with Gasteiger partial charge in [0.05, 0.1) is 16.7 Å². The summed E-state index contributed by atoms with van der Waals surface area (Å²) in [6, 6.07) is 14.9. The van der Waals surface area contributed by atoms with Crippen molar-refractivity contribution in [2.45, 2.75) is 32.7 Å². The zero-order chi connectivity index (χ0) is 19.8. The molecule has 2 aromatic heterocycles. The number of para-hydroxylation sites is 1. The van der Waals surface area contributed by atoms with Crippen LogP contribution in [0.15, 0.2) is 48.5 Å². The van der Waals surface area contributed by atoms with E-state index >= 15 is 0 Å². The van der Waals surface area contributed by atoms with Gasteiger partial charge in [-0.3, -0.25) is 4.98 Å². The minimum Gasteiger partial charge on any atom is -0.323 e. The summed E-state index contributed by atoms with van der Waals surface area (Å²) < 4.78 is 15.9. The van der Waals surface area contributed by atoms with E-state index < -0.39 is 0 Å². The Balaban J connectivity index is 1.68. The molecule has 0 amide bonds. The molecule has 0 spiro atoms. The van der Waals surface area contributed by atoms with Crippen molar-refractivity contribution in [2.24, 2.45) is 5.92 Å². The maximum absolute atomic E-state index is 13.5. The molecule has 29 heavy (non-hydrogen) atoms. The molecule has 2 aromatic carbocycles. The molecule has 4 aromatic rings. The van der Waals surface area contributed by atoms with Gasteiger partial charge in [-0.2, -0.15) is 0 Å². The van der Waals surface area contributed by atoms with Crippen LogP contribution >= 0.6 is 0 Å². The molecule has 1 N–H and O–H groups in total. The standard InChI is InChI=1S/C24H25FN4/c1-16-22-23(20-4-2-3-5-21(20)27-16)29(15-12-17-10-13-26-14-11-17)24(28-22)18-6-8-19(25)9-7-18/h2-9,17,26H,10-15H2,1H3. The summed E-state index contributed by atoms with van der Waals surface area (Å²) in [5, 5.41) is 4.57. The second-order valence-corrected chi connectivity index (χ2v) is 7.99. The smallest absolute Gasteiger partial charge is 0.141 e. The SMILES string of the molecule is Cc1nc2ccccc2c2c1nc(-c1ccc(F)cc1)n2CCC1CCNCC1. The predicted octanol–water partition coefficient (Wildman–Crippen LogP) is 5.09. The van der Waals surface area contributed by atoms with Crippen molar-refractivity contribution in [2.75, 3.05) is 13.1 Å². The first-order valence-corrected chi connectivity index (χ1v) is 10.4. The summed E-state index contributed by atoms with van der Waals surface area (Å²) in [6.07, 6.45) is 3.57. The van der Waals surface area contributed by atoms with E-state index in [-0.39, 0.29) is 5.82 Å². The molecular formula is C24H25FN4. The summed E-state index contributed by atoms with van der Waals surface area (Å²) in [4.78, 5) is 9.76. The van der Waals surface area contributed by atoms with Gasteiger partial charge in [0.2, 0.25) is 0 Å². The van der Waals surface area contributed by atoms with Gasteiger partial charge >= 0.3 is 0 Å². The van der Waals surface area contributed by atoms with Crippen LogP contribution in [-0.2, 0) is 6.54 Å². The topological polar surface area (TPSA) is 42.7 Å². The minimum absolute atomic E-state index is 0.227. The van der Waals surface area contributed by atoms with Crippen molar-refractivity contribution in [1.82, 2.24) is 19.9 Å². The van der Waals surface area contributed by atoms with Crippen LogP contribution < -0.4 is 5.32 Å². The fourth-order valence-electron chi connectivity index (χ4n) is 4.50. The fourth-order valence-corrected chi connectivity index (χ4v) is 4.50. The lowest BCUT2D eigenvalue weighted by molar-refractivity contribution is 0.340. The lowest BCUT2D eigenvalue weighted by Crippen LogP contribution is -2.28. The largest absolute Gasteiger partial charge is 0.323 e. The molecule has 1 aliphatic heterocycles. The molecule has 148 valence electrons. The van der Waals surface area contributed by atoms with Gasteiger partial charge < -0.3 is 9.88 Å². The number of piperidine rings is 1. The molecule has 5 heteroatoms. The third kappa shape index (κ3) is 3.40. The second kappa shape index (κ2) is 7.56. The van der Waals surface area contributed by atoms with Crippen LogP contribution in [0.1, 0.15) is 25.0 Å². The molecule has 1 saturated heterocycles. The Labute approximate surface area is 169 Å². The lowest BCUT2D eigenvalue weighted by Gasteiger charge is -2.23. The Hall–Kier alpha value is -2.79. The zero-order valence-electron chi connectivity index (χ0n) is 16.7. The number of aromatic nitrogens is 3. The highest BCUT2D eigenvalue weighted by Crippen LogP contribution is 2.32. The van der Waals surface area contributed by atoms with Crippen molar-refractivity contribution >= 4 is 21.9 Å². The number of nitrogens with one attached hydrogen (secondary N) is 1. The average molecular weight is 388 g/mol. The number of nitrogens with zero attached hydrogens (tertiary/aromatic N) is 3. The van der Waals surface area contributed by atoms with E-state index in [1.54, 1.807) is 0 Å². The number of halogens is 1. The van der Waals surface area contributed by atoms with E-state index in [9.17, 15) is 4.39 Å². The monoisotopic (exact) mass is 388 g/mol. The molecule has 1 fully saturated rings. The number of aryl methyl sites for hydroxylation is 2. The number of fused-ring (bicyclic) bond motifs is 3. The van der Waals surface area contributed by atoms with Crippen LogP contribution in [0.5, 0.6) is 0 Å². The van der Waals surface area contributed by atoms with Gasteiger partial charge in [-0.25, -0.2) is 9.37 Å². The van der Waals surface area contributed by atoms with Gasteiger partial charge in [-0.05, 0) is 75.5 Å². The lowest BCUT2D eigenvalue weighted by atomic mass is 9.94. The summed E-state index contributed by atoms with van der Waals surface area (Å²) in [5.74, 6) is 1.40. The number of rotatable bonds is 4. The molecule has 3 heterocycles. The van der Waals surface area contributed by atoms with Crippen molar-refractivity contribution in [3.05, 3.63) is 60.0 Å². The molecule has 1 aliphatic rings. The van der Waals surface area contributed by atoms with Gasteiger partial charge in [-0.1, -0.05) is 18.2 Å². The first-order chi connectivity index (χ1) is 14.2. The first-order valence-electron chi connectivity index (χ1n) is 10.4. The van der Waals surface area contributed by atoms with Crippen LogP contribution in [0, 0.1) is 18.7 Å². The van der Waals surface area contributed by atoms with E-state index in [1.165, 1.54) is 25.0 Å². The summed E-state index contributed by atoms with van der Waals surface area (Å²) >= 11 is 0. The minimum atomic E-state index is -0.227. The Kier molecular flexibility index (Phi) is 4.76. The Morgan fingerprint density at radius 3 is 2.59 bits per heavy atom. The maximum Gasteiger partial charge on any atom is 0.141 e. The maximum atomic E-state index is 13.5. The molecular weight excluding hydrogens is 363 g/mol. The van der Waals surface area contributed by atoms with Crippen molar-refractivity contribution in [1.29, 1.82) is 0 Å². The van der Waals surface area contributed by atoms with Crippen molar-refractivity contribution < 1.29 is 4.39 Å². The summed E-state index contributed by atoms with van der Waals surface area (Å²) in [7, 11) is 0. The first kappa shape index (κ1) is 18.3. The fraction of sp³-hybridized carbons (Fsp3) is 0.333. The third-order valence-electron chi connectivity index (χ3n) is 6.08. The summed E-state index contributed by atoms with van der Waals surface area (Å²) in [5.41, 5.74) is 4.94. The van der Waals surface area contributed by atoms with Crippen LogP contribution in [0.25, 0.3) is 33.3 Å². The number of hydrogen-bond donors (Lipinski definition) is 1. The highest BCUT2D eigenvalue weighted by molar-refractivity contribution is 6.04. The molecule has 0 atom stereocenters. The highest BCUT2D eigenvalue weighted by atomic mass is 19.1. The van der Waals surface area contributed by atoms with Gasteiger partial charge in [0.15, 0.2) is 0 Å². The van der Waals surface area contributed by atoms with E-state index in [1.807, 2.05) is 25.1 Å². The average Bonchev–Trinajstić information content (AvgIpc) is 3.14. The van der Waals surface area contributed by atoms with Crippen LogP contribution in [-0.4, -0.2) is 27.6 Å². The quantitative estimate of drug-likeness (QED) is 0.530. The third-order valence-corrected chi connectivity index (χ3v) is 6.08. The molecule has 0 saturated carbocycles. The van der Waals surface area contributed by atoms with E-state index in [0.717, 1.165) is 71.0 Å². The predicted molar refractivity (Wildman–Crippen MR) is 115 cm³/mol. The number of hydrogen-bond acceptors (Lipinski definition) is 3. The van der Waals surface area contributed by atoms with Crippen molar-refractivity contribution in [3.8, 4) is 11.4 Å². The van der Waals surface area contributed by atoms with Gasteiger partial charge in [-0.15, -0.1) is 0 Å². The molecule has 0 aliphatic carbocycles. The number of imidazole rings is 1. The van der Waals surface area contributed by atoms with E-state index in [2.05, 4.69) is 28.1 Å². The molecule has 0 unspecified atom stereocenters. The van der Waals surface area contributed by atoms with Crippen LogP contribution in [0.3, 0.4) is 0 Å². The number of benzene rings is 2. The normalized spacial score (nSPS) is 15.4. The van der Waals surface area contributed by atoms with Gasteiger partial charge in [0, 0.05) is 17.5 Å². The number of pyridine rings is 1. The van der Waals surface area contributed by atoms with E-state index in [0.29, 0.717) is 0 Å². The highest BCUT2D eigenvalue weighted by Gasteiger charge is 2.20. The van der Waals surface area contributed by atoms with Gasteiger partial charge in [0.25, 0.3) is 0 Å². The molecule has 5 rings (SSSR count). The van der Waals surface area contributed by atoms with E-state index in [4.69, 9.17) is 9.97 Å². The van der Waals surface area contributed by atoms with Crippen LogP contribution in [0.4, 0.5) is 4.39 Å². The van der Waals surface area contributed by atoms with Crippen molar-refractivity contribution in [3.63, 3.8) is 0 Å².